The number of nitrogens with zero attached hydrogens (tertiary/aromatic N) is 2. The second-order valence-electron chi connectivity index (χ2n) is 4.70. The fourth-order valence-corrected chi connectivity index (χ4v) is 1.93. The Hall–Kier alpha value is -2.24. The third kappa shape index (κ3) is 3.15. The van der Waals surface area contributed by atoms with E-state index < -0.39 is 0 Å². The van der Waals surface area contributed by atoms with E-state index in [1.54, 1.807) is 24.7 Å². The van der Waals surface area contributed by atoms with E-state index in [1.165, 1.54) is 0 Å². The molecule has 0 aliphatic carbocycles. The normalized spacial score (nSPS) is 10.9. The number of amides is 1. The van der Waals surface area contributed by atoms with Gasteiger partial charge in [0.25, 0.3) is 5.91 Å². The molecule has 0 unspecified atom stereocenters. The summed E-state index contributed by atoms with van der Waals surface area (Å²) in [6, 6.07) is 1.89. The summed E-state index contributed by atoms with van der Waals surface area (Å²) < 4.78 is 1.87. The maximum absolute atomic E-state index is 12.1. The third-order valence-corrected chi connectivity index (χ3v) is 2.86. The first-order valence-electron chi connectivity index (χ1n) is 6.31. The van der Waals surface area contributed by atoms with Gasteiger partial charge in [-0.05, 0) is 19.9 Å². The van der Waals surface area contributed by atoms with Crippen molar-refractivity contribution in [2.24, 2.45) is 0 Å². The Morgan fingerprint density at radius 3 is 3.00 bits per heavy atom. The standard InChI is InChI=1S/C13H19N5O/c1-9(2)18-8-10(14)7-11(18)13(19)17-4-3-12-15-5-6-16-12/h5-9H,3-4,14H2,1-2H3,(H,15,16)(H,17,19). The van der Waals surface area contributed by atoms with Crippen LogP contribution in [0.5, 0.6) is 0 Å². The molecule has 2 heterocycles. The highest BCUT2D eigenvalue weighted by Gasteiger charge is 2.14. The first kappa shape index (κ1) is 13.2. The summed E-state index contributed by atoms with van der Waals surface area (Å²) in [6.07, 6.45) is 5.92. The Morgan fingerprint density at radius 1 is 1.58 bits per heavy atom. The van der Waals surface area contributed by atoms with Gasteiger partial charge in [0.15, 0.2) is 0 Å². The molecule has 0 saturated heterocycles. The lowest BCUT2D eigenvalue weighted by atomic mass is 10.3. The molecule has 1 amide bonds. The zero-order valence-corrected chi connectivity index (χ0v) is 11.2. The number of rotatable bonds is 5. The molecule has 2 aromatic rings. The zero-order chi connectivity index (χ0) is 13.8. The Kier molecular flexibility index (Phi) is 3.89. The van der Waals surface area contributed by atoms with Crippen LogP contribution in [0.4, 0.5) is 5.69 Å². The molecule has 0 saturated carbocycles. The quantitative estimate of drug-likeness (QED) is 0.759. The number of H-pyrrole nitrogens is 1. The smallest absolute Gasteiger partial charge is 0.268 e. The molecule has 0 aromatic carbocycles. The summed E-state index contributed by atoms with van der Waals surface area (Å²) in [4.78, 5) is 19.2. The monoisotopic (exact) mass is 261 g/mol. The largest absolute Gasteiger partial charge is 0.397 e. The fourth-order valence-electron chi connectivity index (χ4n) is 1.93. The van der Waals surface area contributed by atoms with Crippen molar-refractivity contribution in [3.63, 3.8) is 0 Å². The molecule has 2 rings (SSSR count). The number of hydrogen-bond donors (Lipinski definition) is 3. The van der Waals surface area contributed by atoms with Gasteiger partial charge < -0.3 is 20.6 Å². The van der Waals surface area contributed by atoms with E-state index >= 15 is 0 Å². The number of aromatic amines is 1. The predicted molar refractivity (Wildman–Crippen MR) is 73.9 cm³/mol. The van der Waals surface area contributed by atoms with E-state index in [-0.39, 0.29) is 11.9 Å². The van der Waals surface area contributed by atoms with Gasteiger partial charge in [-0.1, -0.05) is 0 Å². The van der Waals surface area contributed by atoms with E-state index in [2.05, 4.69) is 15.3 Å². The molecule has 0 radical (unpaired) electrons. The minimum absolute atomic E-state index is 0.114. The van der Waals surface area contributed by atoms with Crippen molar-refractivity contribution in [1.82, 2.24) is 19.9 Å². The number of carbonyl (C=O) groups excluding carboxylic acids is 1. The Balaban J connectivity index is 1.96. The average Bonchev–Trinajstić information content (AvgIpc) is 2.98. The number of aromatic nitrogens is 3. The van der Waals surface area contributed by atoms with Gasteiger partial charge in [-0.2, -0.15) is 0 Å². The van der Waals surface area contributed by atoms with Crippen molar-refractivity contribution in [1.29, 1.82) is 0 Å². The summed E-state index contributed by atoms with van der Waals surface area (Å²) in [7, 11) is 0. The van der Waals surface area contributed by atoms with E-state index in [0.29, 0.717) is 24.3 Å². The molecule has 0 aliphatic rings. The van der Waals surface area contributed by atoms with Gasteiger partial charge in [-0.25, -0.2) is 4.98 Å². The second kappa shape index (κ2) is 5.60. The molecule has 0 fully saturated rings. The predicted octanol–water partition coefficient (Wildman–Crippen LogP) is 1.35. The van der Waals surface area contributed by atoms with Crippen LogP contribution in [0, 0.1) is 0 Å². The van der Waals surface area contributed by atoms with Crippen molar-refractivity contribution < 1.29 is 4.79 Å². The SMILES string of the molecule is CC(C)n1cc(N)cc1C(=O)NCCc1ncc[nH]1. The highest BCUT2D eigenvalue weighted by molar-refractivity contribution is 5.93. The number of nitrogens with one attached hydrogen (secondary N) is 2. The minimum Gasteiger partial charge on any atom is -0.397 e. The molecule has 6 nitrogen and oxygen atoms in total. The molecule has 19 heavy (non-hydrogen) atoms. The van der Waals surface area contributed by atoms with Crippen LogP contribution in [0.3, 0.4) is 0 Å². The fraction of sp³-hybridized carbons (Fsp3) is 0.385. The average molecular weight is 261 g/mol. The van der Waals surface area contributed by atoms with Gasteiger partial charge >= 0.3 is 0 Å². The van der Waals surface area contributed by atoms with E-state index in [4.69, 9.17) is 5.73 Å². The number of imidazole rings is 1. The molecule has 0 atom stereocenters. The Morgan fingerprint density at radius 2 is 2.37 bits per heavy atom. The van der Waals surface area contributed by atoms with Crippen LogP contribution in [0.25, 0.3) is 0 Å². The molecular formula is C13H19N5O. The maximum Gasteiger partial charge on any atom is 0.268 e. The molecule has 2 aromatic heterocycles. The topological polar surface area (TPSA) is 88.7 Å². The van der Waals surface area contributed by atoms with Crippen molar-refractivity contribution in [2.75, 3.05) is 12.3 Å². The van der Waals surface area contributed by atoms with Crippen LogP contribution in [0.2, 0.25) is 0 Å². The maximum atomic E-state index is 12.1. The highest BCUT2D eigenvalue weighted by atomic mass is 16.1. The van der Waals surface area contributed by atoms with Crippen LogP contribution in [0.15, 0.2) is 24.7 Å². The summed E-state index contributed by atoms with van der Waals surface area (Å²) in [6.45, 7) is 4.56. The van der Waals surface area contributed by atoms with Crippen molar-refractivity contribution in [3.05, 3.63) is 36.2 Å². The molecule has 0 spiro atoms. The molecule has 102 valence electrons. The van der Waals surface area contributed by atoms with E-state index in [0.717, 1.165) is 5.82 Å². The molecule has 0 aliphatic heterocycles. The number of nitrogens with two attached hydrogens (primary N) is 1. The number of anilines is 1. The molecule has 4 N–H and O–H groups in total. The van der Waals surface area contributed by atoms with Crippen LogP contribution in [0.1, 0.15) is 36.2 Å². The van der Waals surface area contributed by atoms with Gasteiger partial charge in [-0.3, -0.25) is 4.79 Å². The van der Waals surface area contributed by atoms with Gasteiger partial charge in [-0.15, -0.1) is 0 Å². The van der Waals surface area contributed by atoms with Crippen LogP contribution < -0.4 is 11.1 Å². The number of carbonyl (C=O) groups is 1. The lowest BCUT2D eigenvalue weighted by molar-refractivity contribution is 0.0943. The number of hydrogen-bond acceptors (Lipinski definition) is 3. The lowest BCUT2D eigenvalue weighted by Gasteiger charge is -2.12. The van der Waals surface area contributed by atoms with Gasteiger partial charge in [0.05, 0.1) is 5.69 Å². The summed E-state index contributed by atoms with van der Waals surface area (Å²) >= 11 is 0. The van der Waals surface area contributed by atoms with Crippen molar-refractivity contribution in [3.8, 4) is 0 Å². The second-order valence-corrected chi connectivity index (χ2v) is 4.70. The zero-order valence-electron chi connectivity index (χ0n) is 11.2. The third-order valence-electron chi connectivity index (χ3n) is 2.86. The highest BCUT2D eigenvalue weighted by Crippen LogP contribution is 2.16. The van der Waals surface area contributed by atoms with E-state index in [1.807, 2.05) is 18.4 Å². The van der Waals surface area contributed by atoms with Crippen LogP contribution in [-0.2, 0) is 6.42 Å². The van der Waals surface area contributed by atoms with E-state index in [9.17, 15) is 4.79 Å². The molecular weight excluding hydrogens is 242 g/mol. The van der Waals surface area contributed by atoms with Gasteiger partial charge in [0.2, 0.25) is 0 Å². The summed E-state index contributed by atoms with van der Waals surface area (Å²) in [5.74, 6) is 0.746. The molecule has 6 heteroatoms. The van der Waals surface area contributed by atoms with Crippen LogP contribution >= 0.6 is 0 Å². The van der Waals surface area contributed by atoms with Gasteiger partial charge in [0, 0.05) is 37.6 Å². The van der Waals surface area contributed by atoms with Crippen molar-refractivity contribution >= 4 is 11.6 Å². The number of nitrogen functional groups attached to an aromatic ring is 1. The first-order chi connectivity index (χ1) is 9.08. The molecule has 0 bridgehead atoms. The van der Waals surface area contributed by atoms with Gasteiger partial charge in [0.1, 0.15) is 11.5 Å². The first-order valence-corrected chi connectivity index (χ1v) is 6.31. The summed E-state index contributed by atoms with van der Waals surface area (Å²) in [5.41, 5.74) is 6.94. The van der Waals surface area contributed by atoms with Crippen molar-refractivity contribution in [2.45, 2.75) is 26.3 Å². The lowest BCUT2D eigenvalue weighted by Crippen LogP contribution is -2.28. The minimum atomic E-state index is -0.114. The Bertz CT molecular complexity index is 541. The Labute approximate surface area is 112 Å². The van der Waals surface area contributed by atoms with Crippen LogP contribution in [-0.4, -0.2) is 27.0 Å². The summed E-state index contributed by atoms with van der Waals surface area (Å²) in [5, 5.41) is 2.87.